The zero-order valence-electron chi connectivity index (χ0n) is 10.6. The fraction of sp³-hybridized carbons (Fsp3) is 0.188. The number of rotatable bonds is 3. The molecular formula is C16H12ClFO2. The van der Waals surface area contributed by atoms with E-state index in [4.69, 9.17) is 16.3 Å². The molecular weight excluding hydrogens is 279 g/mol. The highest BCUT2D eigenvalue weighted by atomic mass is 35.5. The summed E-state index contributed by atoms with van der Waals surface area (Å²) < 4.78 is 19.3. The molecule has 3 rings (SSSR count). The molecule has 0 saturated carbocycles. The molecule has 0 saturated heterocycles. The van der Waals surface area contributed by atoms with Crippen LogP contribution in [0.5, 0.6) is 5.75 Å². The third-order valence-electron chi connectivity index (χ3n) is 3.48. The van der Waals surface area contributed by atoms with Gasteiger partial charge in [-0.1, -0.05) is 41.9 Å². The Bertz CT molecular complexity index is 669. The number of fused-ring (bicyclic) bond motifs is 1. The lowest BCUT2D eigenvalue weighted by molar-refractivity contribution is -0.120. The van der Waals surface area contributed by atoms with Crippen molar-refractivity contribution in [1.29, 1.82) is 0 Å². The molecule has 2 aromatic carbocycles. The van der Waals surface area contributed by atoms with E-state index >= 15 is 0 Å². The summed E-state index contributed by atoms with van der Waals surface area (Å²) in [6, 6.07) is 12.1. The maximum Gasteiger partial charge on any atom is 0.148 e. The van der Waals surface area contributed by atoms with Gasteiger partial charge in [0.25, 0.3) is 0 Å². The van der Waals surface area contributed by atoms with Crippen molar-refractivity contribution in [1.82, 2.24) is 0 Å². The number of para-hydroxylation sites is 1. The summed E-state index contributed by atoms with van der Waals surface area (Å²) in [7, 11) is 0. The first kappa shape index (κ1) is 13.1. The van der Waals surface area contributed by atoms with Crippen molar-refractivity contribution >= 4 is 17.4 Å². The molecule has 2 aromatic rings. The van der Waals surface area contributed by atoms with E-state index in [1.807, 2.05) is 24.3 Å². The minimum absolute atomic E-state index is 0.0226. The summed E-state index contributed by atoms with van der Waals surface area (Å²) in [6.07, 6.45) is 0.0226. The van der Waals surface area contributed by atoms with Crippen LogP contribution in [0.3, 0.4) is 0 Å². The predicted molar refractivity (Wildman–Crippen MR) is 74.8 cm³/mol. The van der Waals surface area contributed by atoms with E-state index in [1.54, 1.807) is 12.1 Å². The maximum absolute atomic E-state index is 13.8. The second kappa shape index (κ2) is 5.25. The Morgan fingerprint density at radius 1 is 1.25 bits per heavy atom. The van der Waals surface area contributed by atoms with Crippen LogP contribution in [0, 0.1) is 5.82 Å². The zero-order chi connectivity index (χ0) is 14.1. The van der Waals surface area contributed by atoms with Crippen LogP contribution in [0.1, 0.15) is 17.0 Å². The highest BCUT2D eigenvalue weighted by Gasteiger charge is 2.30. The molecule has 1 atom stereocenters. The van der Waals surface area contributed by atoms with Crippen molar-refractivity contribution < 1.29 is 13.9 Å². The first-order chi connectivity index (χ1) is 9.66. The molecule has 0 spiro atoms. The Balaban J connectivity index is 1.83. The average molecular weight is 291 g/mol. The molecule has 1 aliphatic heterocycles. The second-order valence-corrected chi connectivity index (χ2v) is 5.16. The van der Waals surface area contributed by atoms with E-state index in [0.717, 1.165) is 11.3 Å². The van der Waals surface area contributed by atoms with E-state index in [9.17, 15) is 9.18 Å². The maximum atomic E-state index is 13.8. The first-order valence-electron chi connectivity index (χ1n) is 6.34. The number of ether oxygens (including phenoxy) is 1. The van der Waals surface area contributed by atoms with E-state index in [2.05, 4.69) is 0 Å². The van der Waals surface area contributed by atoms with Gasteiger partial charge in [0.15, 0.2) is 0 Å². The van der Waals surface area contributed by atoms with Crippen LogP contribution in [0.4, 0.5) is 4.39 Å². The smallest absolute Gasteiger partial charge is 0.148 e. The molecule has 4 heteroatoms. The van der Waals surface area contributed by atoms with Gasteiger partial charge in [-0.25, -0.2) is 4.39 Å². The van der Waals surface area contributed by atoms with Gasteiger partial charge in [-0.15, -0.1) is 0 Å². The molecule has 1 aliphatic rings. The van der Waals surface area contributed by atoms with Gasteiger partial charge in [0.1, 0.15) is 24.0 Å². The summed E-state index contributed by atoms with van der Waals surface area (Å²) in [6.45, 7) is 0.320. The Morgan fingerprint density at radius 2 is 2.05 bits per heavy atom. The molecule has 102 valence electrons. The van der Waals surface area contributed by atoms with E-state index < -0.39 is 5.82 Å². The first-order valence-corrected chi connectivity index (χ1v) is 6.72. The van der Waals surface area contributed by atoms with Crippen LogP contribution < -0.4 is 4.74 Å². The number of hydrogen-bond acceptors (Lipinski definition) is 2. The van der Waals surface area contributed by atoms with Crippen molar-refractivity contribution in [3.8, 4) is 5.75 Å². The van der Waals surface area contributed by atoms with Crippen molar-refractivity contribution in [2.24, 2.45) is 0 Å². The van der Waals surface area contributed by atoms with Crippen molar-refractivity contribution in [3.63, 3.8) is 0 Å². The van der Waals surface area contributed by atoms with Crippen LogP contribution in [0.2, 0.25) is 5.02 Å². The predicted octanol–water partition coefficient (Wildman–Crippen LogP) is 3.77. The zero-order valence-corrected chi connectivity index (χ0v) is 11.4. The molecule has 0 aliphatic carbocycles. The van der Waals surface area contributed by atoms with Gasteiger partial charge < -0.3 is 4.74 Å². The van der Waals surface area contributed by atoms with Crippen LogP contribution >= 0.6 is 11.6 Å². The van der Waals surface area contributed by atoms with Crippen molar-refractivity contribution in [3.05, 3.63) is 64.4 Å². The molecule has 2 nitrogen and oxygen atoms in total. The van der Waals surface area contributed by atoms with Gasteiger partial charge in [0.05, 0.1) is 10.9 Å². The third-order valence-corrected chi connectivity index (χ3v) is 3.78. The Labute approximate surface area is 121 Å². The highest BCUT2D eigenvalue weighted by molar-refractivity contribution is 6.30. The van der Waals surface area contributed by atoms with Gasteiger partial charge in [-0.3, -0.25) is 4.79 Å². The fourth-order valence-corrected chi connectivity index (χ4v) is 2.62. The summed E-state index contributed by atoms with van der Waals surface area (Å²) in [5.74, 6) is -0.173. The molecule has 0 bridgehead atoms. The molecule has 20 heavy (non-hydrogen) atoms. The quantitative estimate of drug-likeness (QED) is 0.860. The summed E-state index contributed by atoms with van der Waals surface area (Å²) in [4.78, 5) is 12.4. The number of Topliss-reactive ketones (excluding diaryl/α,β-unsaturated/α-hetero) is 1. The second-order valence-electron chi connectivity index (χ2n) is 4.76. The topological polar surface area (TPSA) is 26.3 Å². The molecule has 0 fully saturated rings. The van der Waals surface area contributed by atoms with Crippen LogP contribution in [-0.4, -0.2) is 12.4 Å². The van der Waals surface area contributed by atoms with Crippen LogP contribution in [-0.2, 0) is 11.2 Å². The number of carbonyl (C=O) groups is 1. The minimum atomic E-state index is -0.519. The number of hydrogen-bond donors (Lipinski definition) is 0. The number of carbonyl (C=O) groups excluding carboxylic acids is 1. The van der Waals surface area contributed by atoms with Crippen molar-refractivity contribution in [2.75, 3.05) is 6.61 Å². The van der Waals surface area contributed by atoms with E-state index in [0.29, 0.717) is 12.2 Å². The van der Waals surface area contributed by atoms with E-state index in [-0.39, 0.29) is 23.1 Å². The van der Waals surface area contributed by atoms with Gasteiger partial charge in [0, 0.05) is 12.0 Å². The standard InChI is InChI=1S/C16H12ClFO2/c17-13-6-3-4-10(16(13)18)8-14(19)12-9-20-15-7-2-1-5-11(12)15/h1-7,12H,8-9H2. The molecule has 0 aromatic heterocycles. The largest absolute Gasteiger partial charge is 0.492 e. The van der Waals surface area contributed by atoms with Crippen LogP contribution in [0.15, 0.2) is 42.5 Å². The Hall–Kier alpha value is -1.87. The average Bonchev–Trinajstić information content (AvgIpc) is 2.88. The highest BCUT2D eigenvalue weighted by Crippen LogP contribution is 2.34. The lowest BCUT2D eigenvalue weighted by Gasteiger charge is -2.09. The lowest BCUT2D eigenvalue weighted by atomic mass is 9.92. The SMILES string of the molecule is O=C(Cc1cccc(Cl)c1F)C1COc2ccccc21. The summed E-state index contributed by atoms with van der Waals surface area (Å²) in [5, 5.41) is 0.0402. The molecule has 0 radical (unpaired) electrons. The van der Waals surface area contributed by atoms with E-state index in [1.165, 1.54) is 6.07 Å². The van der Waals surface area contributed by atoms with Gasteiger partial charge in [-0.2, -0.15) is 0 Å². The lowest BCUT2D eigenvalue weighted by Crippen LogP contribution is -2.17. The summed E-state index contributed by atoms with van der Waals surface area (Å²) >= 11 is 5.73. The third kappa shape index (κ3) is 2.29. The summed E-state index contributed by atoms with van der Waals surface area (Å²) in [5.41, 5.74) is 1.20. The molecule has 1 unspecified atom stereocenters. The minimum Gasteiger partial charge on any atom is -0.492 e. The Kier molecular flexibility index (Phi) is 3.45. The van der Waals surface area contributed by atoms with Gasteiger partial charge >= 0.3 is 0 Å². The molecule has 1 heterocycles. The molecule has 0 N–H and O–H groups in total. The normalized spacial score (nSPS) is 16.6. The van der Waals surface area contributed by atoms with Crippen LogP contribution in [0.25, 0.3) is 0 Å². The number of benzene rings is 2. The number of ketones is 1. The monoisotopic (exact) mass is 290 g/mol. The molecule has 0 amide bonds. The van der Waals surface area contributed by atoms with Gasteiger partial charge in [-0.05, 0) is 17.7 Å². The fourth-order valence-electron chi connectivity index (χ4n) is 2.43. The Morgan fingerprint density at radius 3 is 2.90 bits per heavy atom. The van der Waals surface area contributed by atoms with Crippen molar-refractivity contribution in [2.45, 2.75) is 12.3 Å². The van der Waals surface area contributed by atoms with Gasteiger partial charge in [0.2, 0.25) is 0 Å². The number of halogens is 2.